The van der Waals surface area contributed by atoms with Crippen LogP contribution in [0.3, 0.4) is 0 Å². The number of hydrogen-bond donors (Lipinski definition) is 1. The number of benzene rings is 1. The minimum absolute atomic E-state index is 0.184. The normalized spacial score (nSPS) is 14.1. The van der Waals surface area contributed by atoms with Gasteiger partial charge >= 0.3 is 0 Å². The lowest BCUT2D eigenvalue weighted by molar-refractivity contribution is 0.102. The van der Waals surface area contributed by atoms with E-state index in [-0.39, 0.29) is 5.91 Å². The summed E-state index contributed by atoms with van der Waals surface area (Å²) in [6, 6.07) is 11.0. The van der Waals surface area contributed by atoms with E-state index < -0.39 is 0 Å². The van der Waals surface area contributed by atoms with E-state index >= 15 is 0 Å². The van der Waals surface area contributed by atoms with E-state index in [0.717, 1.165) is 50.6 Å². The molecule has 2 heterocycles. The second kappa shape index (κ2) is 9.20. The van der Waals surface area contributed by atoms with Crippen LogP contribution in [-0.4, -0.2) is 43.8 Å². The highest BCUT2D eigenvalue weighted by molar-refractivity contribution is 6.03. The number of anilines is 2. The number of carbonyl (C=O) groups is 1. The minimum atomic E-state index is -0.184. The second-order valence-electron chi connectivity index (χ2n) is 6.18. The third-order valence-electron chi connectivity index (χ3n) is 4.25. The fourth-order valence-corrected chi connectivity index (χ4v) is 2.69. The van der Waals surface area contributed by atoms with E-state index in [0.29, 0.717) is 18.0 Å². The molecule has 0 saturated carbocycles. The number of hydrogen-bond acceptors (Lipinski definition) is 5. The molecule has 3 rings (SSSR count). The van der Waals surface area contributed by atoms with Gasteiger partial charge < -0.3 is 19.7 Å². The molecule has 0 unspecified atom stereocenters. The van der Waals surface area contributed by atoms with Crippen molar-refractivity contribution in [2.45, 2.75) is 19.8 Å². The fraction of sp³-hybridized carbons (Fsp3) is 0.400. The van der Waals surface area contributed by atoms with Crippen LogP contribution in [0.4, 0.5) is 11.5 Å². The van der Waals surface area contributed by atoms with E-state index in [1.165, 1.54) is 0 Å². The van der Waals surface area contributed by atoms with Gasteiger partial charge in [-0.3, -0.25) is 4.79 Å². The molecule has 138 valence electrons. The van der Waals surface area contributed by atoms with E-state index in [9.17, 15) is 4.79 Å². The molecule has 1 aromatic carbocycles. The maximum atomic E-state index is 12.4. The number of carbonyl (C=O) groups excluding carboxylic acids is 1. The highest BCUT2D eigenvalue weighted by Crippen LogP contribution is 2.18. The maximum Gasteiger partial charge on any atom is 0.256 e. The molecule has 1 amide bonds. The maximum absolute atomic E-state index is 12.4. The van der Waals surface area contributed by atoms with Crippen LogP contribution in [0.5, 0.6) is 5.75 Å². The van der Waals surface area contributed by atoms with Crippen molar-refractivity contribution < 1.29 is 14.3 Å². The molecule has 1 fully saturated rings. The van der Waals surface area contributed by atoms with Gasteiger partial charge in [-0.05, 0) is 42.8 Å². The third kappa shape index (κ3) is 4.95. The Labute approximate surface area is 154 Å². The number of nitrogens with one attached hydrogen (secondary N) is 1. The number of pyridine rings is 1. The van der Waals surface area contributed by atoms with Crippen molar-refractivity contribution in [2.75, 3.05) is 43.1 Å². The van der Waals surface area contributed by atoms with Crippen LogP contribution >= 0.6 is 0 Å². The Hall–Kier alpha value is -2.60. The molecule has 1 saturated heterocycles. The molecule has 1 N–H and O–H groups in total. The number of amides is 1. The summed E-state index contributed by atoms with van der Waals surface area (Å²) in [5, 5.41) is 2.83. The van der Waals surface area contributed by atoms with Gasteiger partial charge in [-0.2, -0.15) is 0 Å². The predicted molar refractivity (Wildman–Crippen MR) is 102 cm³/mol. The molecule has 0 spiro atoms. The van der Waals surface area contributed by atoms with Crippen molar-refractivity contribution in [3.63, 3.8) is 0 Å². The Morgan fingerprint density at radius 2 is 1.96 bits per heavy atom. The topological polar surface area (TPSA) is 63.7 Å². The SMILES string of the molecule is CCCCOc1ccc(C(=O)Nc2ccc(N3CCOCC3)cn2)cc1. The van der Waals surface area contributed by atoms with E-state index in [1.54, 1.807) is 18.3 Å². The van der Waals surface area contributed by atoms with Crippen molar-refractivity contribution in [1.82, 2.24) is 4.98 Å². The lowest BCUT2D eigenvalue weighted by Crippen LogP contribution is -2.36. The Bertz CT molecular complexity index is 695. The molecule has 6 heteroatoms. The summed E-state index contributed by atoms with van der Waals surface area (Å²) in [7, 11) is 0. The molecular weight excluding hydrogens is 330 g/mol. The second-order valence-corrected chi connectivity index (χ2v) is 6.18. The Morgan fingerprint density at radius 1 is 1.19 bits per heavy atom. The number of rotatable bonds is 7. The zero-order chi connectivity index (χ0) is 18.2. The lowest BCUT2D eigenvalue weighted by Gasteiger charge is -2.28. The highest BCUT2D eigenvalue weighted by Gasteiger charge is 2.12. The molecule has 2 aromatic rings. The van der Waals surface area contributed by atoms with Crippen molar-refractivity contribution in [3.05, 3.63) is 48.2 Å². The average molecular weight is 355 g/mol. The Kier molecular flexibility index (Phi) is 6.44. The van der Waals surface area contributed by atoms with E-state index in [2.05, 4.69) is 22.1 Å². The number of unbranched alkanes of at least 4 members (excludes halogenated alkanes) is 1. The van der Waals surface area contributed by atoms with Crippen LogP contribution in [0.2, 0.25) is 0 Å². The monoisotopic (exact) mass is 355 g/mol. The number of morpholine rings is 1. The standard InChI is InChI=1S/C20H25N3O3/c1-2-3-12-26-18-7-4-16(5-8-18)20(24)22-19-9-6-17(15-21-19)23-10-13-25-14-11-23/h4-9,15H,2-3,10-14H2,1H3,(H,21,22,24). The molecule has 1 aliphatic rings. The van der Waals surface area contributed by atoms with Gasteiger partial charge in [0.25, 0.3) is 5.91 Å². The molecule has 0 bridgehead atoms. The zero-order valence-electron chi connectivity index (χ0n) is 15.1. The van der Waals surface area contributed by atoms with Crippen LogP contribution in [0, 0.1) is 0 Å². The van der Waals surface area contributed by atoms with Crippen LogP contribution in [-0.2, 0) is 4.74 Å². The quantitative estimate of drug-likeness (QED) is 0.772. The molecule has 0 radical (unpaired) electrons. The predicted octanol–water partition coefficient (Wildman–Crippen LogP) is 3.35. The van der Waals surface area contributed by atoms with Crippen molar-refractivity contribution in [3.8, 4) is 5.75 Å². The van der Waals surface area contributed by atoms with Gasteiger partial charge in [0.15, 0.2) is 0 Å². The fourth-order valence-electron chi connectivity index (χ4n) is 2.69. The van der Waals surface area contributed by atoms with E-state index in [1.807, 2.05) is 24.3 Å². The van der Waals surface area contributed by atoms with Gasteiger partial charge in [-0.25, -0.2) is 4.98 Å². The first kappa shape index (κ1) is 18.2. The summed E-state index contributed by atoms with van der Waals surface area (Å²) in [5.74, 6) is 1.13. The smallest absolute Gasteiger partial charge is 0.256 e. The molecular formula is C20H25N3O3. The van der Waals surface area contributed by atoms with Crippen molar-refractivity contribution in [2.24, 2.45) is 0 Å². The van der Waals surface area contributed by atoms with Gasteiger partial charge in [0.2, 0.25) is 0 Å². The lowest BCUT2D eigenvalue weighted by atomic mass is 10.2. The van der Waals surface area contributed by atoms with Crippen molar-refractivity contribution >= 4 is 17.4 Å². The largest absolute Gasteiger partial charge is 0.494 e. The summed E-state index contributed by atoms with van der Waals surface area (Å²) >= 11 is 0. The van der Waals surface area contributed by atoms with E-state index in [4.69, 9.17) is 9.47 Å². The Morgan fingerprint density at radius 3 is 2.62 bits per heavy atom. The zero-order valence-corrected chi connectivity index (χ0v) is 15.1. The summed E-state index contributed by atoms with van der Waals surface area (Å²) in [5.41, 5.74) is 1.62. The van der Waals surface area contributed by atoms with Crippen LogP contribution < -0.4 is 15.0 Å². The molecule has 1 aliphatic heterocycles. The summed E-state index contributed by atoms with van der Waals surface area (Å²) in [6.07, 6.45) is 3.90. The number of aromatic nitrogens is 1. The van der Waals surface area contributed by atoms with Gasteiger partial charge in [0.1, 0.15) is 11.6 Å². The molecule has 0 atom stereocenters. The highest BCUT2D eigenvalue weighted by atomic mass is 16.5. The van der Waals surface area contributed by atoms with Crippen LogP contribution in [0.1, 0.15) is 30.1 Å². The summed E-state index contributed by atoms with van der Waals surface area (Å²) < 4.78 is 11.0. The average Bonchev–Trinajstić information content (AvgIpc) is 2.70. The first-order valence-electron chi connectivity index (χ1n) is 9.09. The van der Waals surface area contributed by atoms with Crippen LogP contribution in [0.15, 0.2) is 42.6 Å². The van der Waals surface area contributed by atoms with Gasteiger partial charge in [0, 0.05) is 18.7 Å². The Balaban J connectivity index is 1.55. The number of ether oxygens (including phenoxy) is 2. The minimum Gasteiger partial charge on any atom is -0.494 e. The number of nitrogens with zero attached hydrogens (tertiary/aromatic N) is 2. The van der Waals surface area contributed by atoms with Crippen LogP contribution in [0.25, 0.3) is 0 Å². The molecule has 26 heavy (non-hydrogen) atoms. The summed E-state index contributed by atoms with van der Waals surface area (Å²) in [6.45, 7) is 6.01. The first-order valence-corrected chi connectivity index (χ1v) is 9.09. The first-order chi connectivity index (χ1) is 12.8. The van der Waals surface area contributed by atoms with Gasteiger partial charge in [-0.1, -0.05) is 13.3 Å². The summed E-state index contributed by atoms with van der Waals surface area (Å²) in [4.78, 5) is 18.9. The van der Waals surface area contributed by atoms with Gasteiger partial charge in [-0.15, -0.1) is 0 Å². The third-order valence-corrected chi connectivity index (χ3v) is 4.25. The molecule has 0 aliphatic carbocycles. The van der Waals surface area contributed by atoms with Gasteiger partial charge in [0.05, 0.1) is 31.7 Å². The molecule has 1 aromatic heterocycles. The molecule has 6 nitrogen and oxygen atoms in total. The van der Waals surface area contributed by atoms with Crippen molar-refractivity contribution in [1.29, 1.82) is 0 Å².